The Labute approximate surface area is 108 Å². The van der Waals surface area contributed by atoms with Gasteiger partial charge in [0.2, 0.25) is 0 Å². The van der Waals surface area contributed by atoms with Gasteiger partial charge in [-0.1, -0.05) is 25.4 Å². The van der Waals surface area contributed by atoms with Crippen LogP contribution in [0, 0.1) is 12.8 Å². The second kappa shape index (κ2) is 4.66. The number of H-pyrrole nitrogens is 1. The van der Waals surface area contributed by atoms with E-state index in [0.717, 1.165) is 10.4 Å². The summed E-state index contributed by atoms with van der Waals surface area (Å²) in [5.74, 6) is 1.01. The summed E-state index contributed by atoms with van der Waals surface area (Å²) in [6.07, 6.45) is 0. The third-order valence-corrected chi connectivity index (χ3v) is 4.10. The van der Waals surface area contributed by atoms with E-state index in [2.05, 4.69) is 24.0 Å². The van der Waals surface area contributed by atoms with Crippen LogP contribution in [-0.4, -0.2) is 14.8 Å². The molecule has 0 aliphatic heterocycles. The second-order valence-corrected chi connectivity index (χ2v) is 5.68. The molecule has 4 nitrogen and oxygen atoms in total. The Bertz CT molecular complexity index is 582. The van der Waals surface area contributed by atoms with Crippen LogP contribution in [0.25, 0.3) is 10.7 Å². The Morgan fingerprint density at radius 1 is 1.59 bits per heavy atom. The summed E-state index contributed by atoms with van der Waals surface area (Å²) in [6.45, 7) is 6.70. The first-order valence-electron chi connectivity index (χ1n) is 5.40. The summed E-state index contributed by atoms with van der Waals surface area (Å²) in [5.41, 5.74) is 0.828. The molecule has 92 valence electrons. The zero-order valence-corrected chi connectivity index (χ0v) is 11.5. The molecule has 0 saturated heterocycles. The molecule has 0 aromatic carbocycles. The number of hydrogen-bond donors (Lipinski definition) is 1. The predicted octanol–water partition coefficient (Wildman–Crippen LogP) is 2.92. The summed E-state index contributed by atoms with van der Waals surface area (Å²) >= 11 is 7.71. The van der Waals surface area contributed by atoms with E-state index in [1.807, 2.05) is 12.3 Å². The van der Waals surface area contributed by atoms with E-state index >= 15 is 0 Å². The third kappa shape index (κ3) is 2.30. The number of aromatic amines is 1. The minimum atomic E-state index is -0.184. The summed E-state index contributed by atoms with van der Waals surface area (Å²) < 4.78 is 1.64. The van der Waals surface area contributed by atoms with E-state index in [-0.39, 0.29) is 5.69 Å². The molecule has 0 aliphatic rings. The molecule has 0 fully saturated rings. The third-order valence-electron chi connectivity index (χ3n) is 2.41. The molecule has 2 rings (SSSR count). The van der Waals surface area contributed by atoms with Crippen molar-refractivity contribution in [1.29, 1.82) is 0 Å². The maximum atomic E-state index is 11.7. The summed E-state index contributed by atoms with van der Waals surface area (Å²) in [7, 11) is 0. The number of halogens is 1. The number of nitrogens with one attached hydrogen (secondary N) is 1. The van der Waals surface area contributed by atoms with Gasteiger partial charge in [-0.3, -0.25) is 4.57 Å². The fraction of sp³-hybridized carbons (Fsp3) is 0.455. The van der Waals surface area contributed by atoms with Crippen LogP contribution in [-0.2, 0) is 6.54 Å². The Morgan fingerprint density at radius 3 is 2.82 bits per heavy atom. The lowest BCUT2D eigenvalue weighted by Gasteiger charge is -2.07. The van der Waals surface area contributed by atoms with Gasteiger partial charge in [0.25, 0.3) is 0 Å². The van der Waals surface area contributed by atoms with Crippen LogP contribution in [0.15, 0.2) is 10.2 Å². The smallest absolute Gasteiger partial charge is 0.274 e. The number of aromatic nitrogens is 3. The minimum absolute atomic E-state index is 0.184. The Kier molecular flexibility index (Phi) is 3.40. The van der Waals surface area contributed by atoms with Crippen LogP contribution < -0.4 is 5.69 Å². The molecule has 0 amide bonds. The van der Waals surface area contributed by atoms with E-state index in [1.54, 1.807) is 4.57 Å². The molecule has 0 spiro atoms. The fourth-order valence-electron chi connectivity index (χ4n) is 1.61. The maximum Gasteiger partial charge on any atom is 0.343 e. The van der Waals surface area contributed by atoms with Gasteiger partial charge < -0.3 is 0 Å². The average Bonchev–Trinajstić information content (AvgIpc) is 2.75. The number of hydrogen-bond acceptors (Lipinski definition) is 3. The van der Waals surface area contributed by atoms with Crippen LogP contribution >= 0.6 is 22.9 Å². The van der Waals surface area contributed by atoms with E-state index in [1.165, 1.54) is 11.3 Å². The van der Waals surface area contributed by atoms with E-state index in [4.69, 9.17) is 11.6 Å². The zero-order valence-electron chi connectivity index (χ0n) is 9.95. The van der Waals surface area contributed by atoms with Crippen molar-refractivity contribution in [2.24, 2.45) is 5.92 Å². The van der Waals surface area contributed by atoms with Crippen molar-refractivity contribution in [3.63, 3.8) is 0 Å². The second-order valence-electron chi connectivity index (χ2n) is 4.42. The molecule has 0 aliphatic carbocycles. The maximum absolute atomic E-state index is 11.7. The first kappa shape index (κ1) is 12.4. The van der Waals surface area contributed by atoms with E-state index in [9.17, 15) is 4.79 Å². The lowest BCUT2D eigenvalue weighted by atomic mass is 10.2. The highest BCUT2D eigenvalue weighted by Crippen LogP contribution is 2.34. The van der Waals surface area contributed by atoms with Gasteiger partial charge >= 0.3 is 5.69 Å². The largest absolute Gasteiger partial charge is 0.343 e. The standard InChI is InChI=1S/C11H14ClN3OS/c1-6(2)4-15-10(13-14-11(15)16)9-8(12)7(3)5-17-9/h5-6H,4H2,1-3H3,(H,14,16). The van der Waals surface area contributed by atoms with Gasteiger partial charge in [-0.05, 0) is 23.8 Å². The summed E-state index contributed by atoms with van der Waals surface area (Å²) in [6, 6.07) is 0. The van der Waals surface area contributed by atoms with Crippen LogP contribution in [0.4, 0.5) is 0 Å². The van der Waals surface area contributed by atoms with Gasteiger partial charge in [0.1, 0.15) is 0 Å². The molecule has 0 saturated carbocycles. The van der Waals surface area contributed by atoms with Crippen molar-refractivity contribution < 1.29 is 0 Å². The number of nitrogens with zero attached hydrogens (tertiary/aromatic N) is 2. The minimum Gasteiger partial charge on any atom is -0.274 e. The van der Waals surface area contributed by atoms with Crippen LogP contribution in [0.5, 0.6) is 0 Å². The molecule has 0 unspecified atom stereocenters. The Balaban J connectivity index is 2.53. The lowest BCUT2D eigenvalue weighted by molar-refractivity contribution is 0.515. The zero-order chi connectivity index (χ0) is 12.6. The summed E-state index contributed by atoms with van der Waals surface area (Å²) in [4.78, 5) is 12.5. The normalized spacial score (nSPS) is 11.4. The Hall–Kier alpha value is -1.07. The number of aryl methyl sites for hydroxylation is 1. The fourth-order valence-corrected chi connectivity index (χ4v) is 2.88. The van der Waals surface area contributed by atoms with E-state index < -0.39 is 0 Å². The quantitative estimate of drug-likeness (QED) is 0.933. The van der Waals surface area contributed by atoms with Crippen molar-refractivity contribution >= 4 is 22.9 Å². The van der Waals surface area contributed by atoms with Gasteiger partial charge in [-0.15, -0.1) is 11.3 Å². The molecule has 0 radical (unpaired) electrons. The van der Waals surface area contributed by atoms with Crippen molar-refractivity contribution in [3.8, 4) is 10.7 Å². The van der Waals surface area contributed by atoms with Gasteiger partial charge in [-0.25, -0.2) is 9.89 Å². The van der Waals surface area contributed by atoms with Crippen molar-refractivity contribution in [2.75, 3.05) is 0 Å². The number of thiophene rings is 1. The van der Waals surface area contributed by atoms with Gasteiger partial charge in [0.05, 0.1) is 9.90 Å². The van der Waals surface area contributed by atoms with Crippen molar-refractivity contribution in [2.45, 2.75) is 27.3 Å². The van der Waals surface area contributed by atoms with Crippen molar-refractivity contribution in [1.82, 2.24) is 14.8 Å². The van der Waals surface area contributed by atoms with Crippen LogP contribution in [0.1, 0.15) is 19.4 Å². The van der Waals surface area contributed by atoms with Crippen LogP contribution in [0.2, 0.25) is 5.02 Å². The topological polar surface area (TPSA) is 50.7 Å². The molecule has 1 N–H and O–H groups in total. The molecular formula is C11H14ClN3OS. The molecule has 2 aromatic rings. The Morgan fingerprint density at radius 2 is 2.29 bits per heavy atom. The molecule has 6 heteroatoms. The lowest BCUT2D eigenvalue weighted by Crippen LogP contribution is -2.20. The highest BCUT2D eigenvalue weighted by molar-refractivity contribution is 7.14. The monoisotopic (exact) mass is 271 g/mol. The first-order chi connectivity index (χ1) is 8.00. The first-order valence-corrected chi connectivity index (χ1v) is 6.65. The van der Waals surface area contributed by atoms with E-state index in [0.29, 0.717) is 23.3 Å². The molecular weight excluding hydrogens is 258 g/mol. The van der Waals surface area contributed by atoms with Crippen LogP contribution in [0.3, 0.4) is 0 Å². The molecule has 0 bridgehead atoms. The highest BCUT2D eigenvalue weighted by Gasteiger charge is 2.17. The molecule has 2 heterocycles. The molecule has 2 aromatic heterocycles. The van der Waals surface area contributed by atoms with Crippen molar-refractivity contribution in [3.05, 3.63) is 26.5 Å². The predicted molar refractivity (Wildman–Crippen MR) is 70.7 cm³/mol. The van der Waals surface area contributed by atoms with Gasteiger partial charge in [0.15, 0.2) is 5.82 Å². The van der Waals surface area contributed by atoms with Gasteiger partial charge in [-0.2, -0.15) is 5.10 Å². The summed E-state index contributed by atoms with van der Waals surface area (Å²) in [5, 5.41) is 9.20. The SMILES string of the molecule is Cc1csc(-c2n[nH]c(=O)n2CC(C)C)c1Cl. The average molecular weight is 272 g/mol. The molecule has 17 heavy (non-hydrogen) atoms. The van der Waals surface area contributed by atoms with Gasteiger partial charge in [0, 0.05) is 6.54 Å². The highest BCUT2D eigenvalue weighted by atomic mass is 35.5. The number of rotatable bonds is 3. The molecule has 0 atom stereocenters.